The maximum Gasteiger partial charge on any atom is 0.328 e. The molecule has 33 heavy (non-hydrogen) atoms. The van der Waals surface area contributed by atoms with Gasteiger partial charge in [-0.05, 0) is 42.8 Å². The van der Waals surface area contributed by atoms with Crippen LogP contribution in [0.2, 0.25) is 0 Å². The van der Waals surface area contributed by atoms with E-state index in [1.807, 2.05) is 0 Å². The number of ether oxygens (including phenoxy) is 1. The molecule has 0 saturated heterocycles. The highest BCUT2D eigenvalue weighted by atomic mass is 32.2. The monoisotopic (exact) mass is 474 g/mol. The van der Waals surface area contributed by atoms with E-state index in [0.29, 0.717) is 16.7 Å². The Bertz CT molecular complexity index is 1150. The second-order valence-corrected chi connectivity index (χ2v) is 8.72. The molecule has 1 atom stereocenters. The van der Waals surface area contributed by atoms with Crippen LogP contribution in [0.3, 0.4) is 0 Å². The van der Waals surface area contributed by atoms with Crippen molar-refractivity contribution in [1.82, 2.24) is 10.0 Å². The molecule has 11 nitrogen and oxygen atoms in total. The van der Waals surface area contributed by atoms with Gasteiger partial charge in [0.2, 0.25) is 15.9 Å². The van der Waals surface area contributed by atoms with Gasteiger partial charge in [-0.1, -0.05) is 18.2 Å². The zero-order valence-corrected chi connectivity index (χ0v) is 18.7. The van der Waals surface area contributed by atoms with Crippen LogP contribution in [-0.4, -0.2) is 51.2 Å². The molecule has 0 aliphatic carbocycles. The number of benzene rings is 2. The molecule has 2 aromatic rings. The normalized spacial score (nSPS) is 11.9. The predicted molar refractivity (Wildman–Crippen MR) is 122 cm³/mol. The Labute approximate surface area is 191 Å². The van der Waals surface area contributed by atoms with Crippen LogP contribution < -0.4 is 21.5 Å². The number of nitrogens with two attached hydrogens (primary N) is 2. The van der Waals surface area contributed by atoms with Crippen LogP contribution in [0.1, 0.15) is 23.6 Å². The van der Waals surface area contributed by atoms with Crippen molar-refractivity contribution < 1.29 is 22.7 Å². The van der Waals surface area contributed by atoms with Crippen LogP contribution in [0.15, 0.2) is 53.4 Å². The molecule has 0 bridgehead atoms. The molecule has 0 aromatic heterocycles. The summed E-state index contributed by atoms with van der Waals surface area (Å²) in [5.74, 6) is -1.76. The fourth-order valence-corrected chi connectivity index (χ4v) is 3.82. The fraction of sp³-hybridized carbons (Fsp3) is 0.238. The summed E-state index contributed by atoms with van der Waals surface area (Å²) in [4.78, 5) is 24.6. The third-order valence-corrected chi connectivity index (χ3v) is 5.90. The number of carbonyl (C=O) groups is 2. The summed E-state index contributed by atoms with van der Waals surface area (Å²) < 4.78 is 32.0. The SMILES string of the molecule is CCOC(=O)C(Cc1cccc(C(=N)N)c1)NC(=O)CNS(=O)(=O)c1ccc(C(=N)N)cc1. The van der Waals surface area contributed by atoms with Crippen molar-refractivity contribution in [2.45, 2.75) is 24.3 Å². The minimum absolute atomic E-state index is 0.0605. The first-order valence-corrected chi connectivity index (χ1v) is 11.3. The molecular formula is C21H26N6O5S. The summed E-state index contributed by atoms with van der Waals surface area (Å²) in [7, 11) is -4.01. The molecule has 0 radical (unpaired) electrons. The summed E-state index contributed by atoms with van der Waals surface area (Å²) in [6.45, 7) is 1.11. The smallest absolute Gasteiger partial charge is 0.328 e. The van der Waals surface area contributed by atoms with E-state index in [1.165, 1.54) is 24.3 Å². The number of nitrogens with one attached hydrogen (secondary N) is 4. The zero-order chi connectivity index (χ0) is 24.6. The molecule has 0 aliphatic heterocycles. The van der Waals surface area contributed by atoms with Crippen LogP contribution in [0.25, 0.3) is 0 Å². The lowest BCUT2D eigenvalue weighted by molar-refractivity contribution is -0.147. The van der Waals surface area contributed by atoms with Crippen molar-refractivity contribution >= 4 is 33.6 Å². The first-order chi connectivity index (χ1) is 15.5. The molecule has 12 heteroatoms. The number of hydrogen-bond donors (Lipinski definition) is 6. The van der Waals surface area contributed by atoms with Gasteiger partial charge < -0.3 is 21.5 Å². The maximum atomic E-state index is 12.4. The molecule has 176 valence electrons. The van der Waals surface area contributed by atoms with Crippen molar-refractivity contribution in [1.29, 1.82) is 10.8 Å². The molecule has 0 aliphatic rings. The molecule has 0 saturated carbocycles. The van der Waals surface area contributed by atoms with E-state index in [-0.39, 0.29) is 29.6 Å². The van der Waals surface area contributed by atoms with Gasteiger partial charge in [-0.15, -0.1) is 0 Å². The van der Waals surface area contributed by atoms with Crippen molar-refractivity contribution in [2.75, 3.05) is 13.2 Å². The molecule has 0 spiro atoms. The Morgan fingerprint density at radius 3 is 2.24 bits per heavy atom. The highest BCUT2D eigenvalue weighted by Crippen LogP contribution is 2.11. The quantitative estimate of drug-likeness (QED) is 0.147. The van der Waals surface area contributed by atoms with E-state index in [1.54, 1.807) is 31.2 Å². The fourth-order valence-electron chi connectivity index (χ4n) is 2.84. The Kier molecular flexibility index (Phi) is 8.65. The predicted octanol–water partition coefficient (Wildman–Crippen LogP) is -0.176. The Balaban J connectivity index is 2.07. The average molecular weight is 475 g/mol. The Hall–Kier alpha value is -3.77. The van der Waals surface area contributed by atoms with Crippen molar-refractivity contribution in [3.63, 3.8) is 0 Å². The summed E-state index contributed by atoms with van der Waals surface area (Å²) in [5.41, 5.74) is 12.3. The van der Waals surface area contributed by atoms with E-state index < -0.39 is 34.5 Å². The highest BCUT2D eigenvalue weighted by Gasteiger charge is 2.24. The van der Waals surface area contributed by atoms with Crippen LogP contribution in [0.4, 0.5) is 0 Å². The summed E-state index contributed by atoms with van der Waals surface area (Å²) in [6.07, 6.45) is 0.0605. The van der Waals surface area contributed by atoms with E-state index in [2.05, 4.69) is 10.0 Å². The minimum atomic E-state index is -4.01. The van der Waals surface area contributed by atoms with Gasteiger partial charge in [-0.2, -0.15) is 0 Å². The van der Waals surface area contributed by atoms with Gasteiger partial charge in [0.15, 0.2) is 0 Å². The molecule has 0 heterocycles. The molecule has 2 rings (SSSR count). The first kappa shape index (κ1) is 25.5. The number of sulfonamides is 1. The lowest BCUT2D eigenvalue weighted by Crippen LogP contribution is -2.47. The molecular weight excluding hydrogens is 448 g/mol. The summed E-state index contributed by atoms with van der Waals surface area (Å²) >= 11 is 0. The van der Waals surface area contributed by atoms with Gasteiger partial charge in [0, 0.05) is 17.5 Å². The molecule has 8 N–H and O–H groups in total. The number of nitrogen functional groups attached to an aromatic ring is 2. The third kappa shape index (κ3) is 7.40. The second-order valence-electron chi connectivity index (χ2n) is 6.95. The van der Waals surface area contributed by atoms with Crippen LogP contribution in [-0.2, 0) is 30.8 Å². The second kappa shape index (κ2) is 11.2. The van der Waals surface area contributed by atoms with E-state index in [9.17, 15) is 18.0 Å². The lowest BCUT2D eigenvalue weighted by Gasteiger charge is -2.18. The van der Waals surface area contributed by atoms with Gasteiger partial charge in [0.25, 0.3) is 0 Å². The summed E-state index contributed by atoms with van der Waals surface area (Å²) in [6, 6.07) is 10.8. The van der Waals surface area contributed by atoms with Gasteiger partial charge in [-0.25, -0.2) is 17.9 Å². The van der Waals surface area contributed by atoms with Gasteiger partial charge in [0.05, 0.1) is 18.0 Å². The number of amides is 1. The standard InChI is InChI=1S/C21H26N6O5S/c1-2-32-21(29)17(11-13-4-3-5-15(10-13)20(24)25)27-18(28)12-26-33(30,31)16-8-6-14(7-9-16)19(22)23/h3-10,17,26H,2,11-12H2,1H3,(H3,22,23)(H3,24,25)(H,27,28). The highest BCUT2D eigenvalue weighted by molar-refractivity contribution is 7.89. The number of carbonyl (C=O) groups excluding carboxylic acids is 2. The molecule has 0 fully saturated rings. The van der Waals surface area contributed by atoms with E-state index in [4.69, 9.17) is 27.0 Å². The number of hydrogen-bond acceptors (Lipinski definition) is 7. The lowest BCUT2D eigenvalue weighted by atomic mass is 10.0. The van der Waals surface area contributed by atoms with E-state index in [0.717, 1.165) is 0 Å². The topological polar surface area (TPSA) is 201 Å². The van der Waals surface area contributed by atoms with Crippen molar-refractivity contribution in [2.24, 2.45) is 11.5 Å². The van der Waals surface area contributed by atoms with Crippen molar-refractivity contribution in [3.05, 3.63) is 65.2 Å². The van der Waals surface area contributed by atoms with Gasteiger partial charge in [0.1, 0.15) is 17.7 Å². The minimum Gasteiger partial charge on any atom is -0.464 e. The zero-order valence-electron chi connectivity index (χ0n) is 17.9. The molecule has 2 aromatic carbocycles. The largest absolute Gasteiger partial charge is 0.464 e. The summed E-state index contributed by atoms with van der Waals surface area (Å²) in [5, 5.41) is 17.4. The van der Waals surface area contributed by atoms with Gasteiger partial charge >= 0.3 is 5.97 Å². The van der Waals surface area contributed by atoms with Crippen LogP contribution in [0.5, 0.6) is 0 Å². The van der Waals surface area contributed by atoms with Gasteiger partial charge in [-0.3, -0.25) is 15.6 Å². The average Bonchev–Trinajstić information content (AvgIpc) is 2.77. The first-order valence-electron chi connectivity index (χ1n) is 9.87. The van der Waals surface area contributed by atoms with Crippen molar-refractivity contribution in [3.8, 4) is 0 Å². The molecule has 1 amide bonds. The molecule has 1 unspecified atom stereocenters. The maximum absolute atomic E-state index is 12.4. The third-order valence-electron chi connectivity index (χ3n) is 4.48. The van der Waals surface area contributed by atoms with E-state index >= 15 is 0 Å². The Morgan fingerprint density at radius 2 is 1.67 bits per heavy atom. The number of esters is 1. The number of rotatable bonds is 11. The Morgan fingerprint density at radius 1 is 1.03 bits per heavy atom. The van der Waals surface area contributed by atoms with Crippen LogP contribution >= 0.6 is 0 Å². The number of amidine groups is 2. The van der Waals surface area contributed by atoms with Crippen LogP contribution in [0, 0.1) is 10.8 Å².